The second-order valence-corrected chi connectivity index (χ2v) is 7.65. The fraction of sp³-hybridized carbons (Fsp3) is 0.167. The number of aryl methyl sites for hydroxylation is 1. The van der Waals surface area contributed by atoms with E-state index in [0.29, 0.717) is 0 Å². The van der Waals surface area contributed by atoms with E-state index in [9.17, 15) is 17.2 Å². The molecule has 2 aromatic rings. The van der Waals surface area contributed by atoms with Gasteiger partial charge in [0.1, 0.15) is 5.75 Å². The molecule has 0 bridgehead atoms. The molecule has 0 radical (unpaired) electrons. The van der Waals surface area contributed by atoms with E-state index in [-0.39, 0.29) is 24.9 Å². The van der Waals surface area contributed by atoms with Crippen LogP contribution in [0.5, 0.6) is 0 Å². The lowest BCUT2D eigenvalue weighted by Crippen LogP contribution is -2.11. The fourth-order valence-electron chi connectivity index (χ4n) is 1.64. The summed E-state index contributed by atoms with van der Waals surface area (Å²) < 4.78 is 51.4. The van der Waals surface area contributed by atoms with Crippen LogP contribution in [0, 0.1) is 22.1 Å². The lowest BCUT2D eigenvalue weighted by Gasteiger charge is -2.08. The van der Waals surface area contributed by atoms with Crippen molar-refractivity contribution in [2.45, 2.75) is 17.6 Å². The van der Waals surface area contributed by atoms with Crippen LogP contribution >= 0.6 is 34.2 Å². The summed E-state index contributed by atoms with van der Waals surface area (Å²) in [6.07, 6.45) is 2.11. The van der Waals surface area contributed by atoms with Gasteiger partial charge in [0.15, 0.2) is 21.5 Å². The van der Waals surface area contributed by atoms with Gasteiger partial charge in [-0.25, -0.2) is 17.2 Å². The van der Waals surface area contributed by atoms with Gasteiger partial charge in [0.25, 0.3) is 0 Å². The molecule has 0 atom stereocenters. The molecule has 0 aliphatic rings. The Kier molecular flexibility index (Phi) is 4.79. The molecule has 2 heterocycles. The normalized spacial score (nSPS) is 11.7. The molecule has 0 amide bonds. The molecule has 0 aliphatic heterocycles. The summed E-state index contributed by atoms with van der Waals surface area (Å²) >= 11 is 7.19. The van der Waals surface area contributed by atoms with Crippen LogP contribution in [-0.2, 0) is 15.6 Å². The monoisotopic (exact) mass is 444 g/mol. The summed E-state index contributed by atoms with van der Waals surface area (Å²) in [5, 5.41) is 0.154. The number of sulfone groups is 1. The highest BCUT2D eigenvalue weighted by Gasteiger charge is 2.23. The second kappa shape index (κ2) is 6.09. The number of aromatic nitrogens is 2. The quantitative estimate of drug-likeness (QED) is 0.682. The molecule has 0 unspecified atom stereocenters. The molecule has 0 fully saturated rings. The van der Waals surface area contributed by atoms with Crippen LogP contribution in [0.15, 0.2) is 23.4 Å². The smallest absolute Gasteiger partial charge is 0.186 e. The van der Waals surface area contributed by atoms with Crippen LogP contribution in [0.1, 0.15) is 11.4 Å². The van der Waals surface area contributed by atoms with Crippen molar-refractivity contribution in [3.05, 3.63) is 50.1 Å². The van der Waals surface area contributed by atoms with E-state index in [0.717, 1.165) is 6.20 Å². The molecule has 4 nitrogen and oxygen atoms in total. The predicted molar refractivity (Wildman–Crippen MR) is 81.7 cm³/mol. The van der Waals surface area contributed by atoms with Crippen LogP contribution in [0.25, 0.3) is 0 Å². The van der Waals surface area contributed by atoms with Crippen molar-refractivity contribution in [3.8, 4) is 0 Å². The number of nitrogens with zero attached hydrogens (tertiary/aromatic N) is 2. The minimum absolute atomic E-state index is 0.101. The SMILES string of the molecule is Cc1ncc(Cl)cc1S(=O)(=O)Cc1ncc(F)c(I)c1F. The third kappa shape index (κ3) is 3.49. The third-order valence-corrected chi connectivity index (χ3v) is 5.59. The van der Waals surface area contributed by atoms with Crippen molar-refractivity contribution in [1.29, 1.82) is 0 Å². The van der Waals surface area contributed by atoms with Crippen LogP contribution in [0.2, 0.25) is 5.02 Å². The van der Waals surface area contributed by atoms with Gasteiger partial charge in [0, 0.05) is 6.20 Å². The highest BCUT2D eigenvalue weighted by molar-refractivity contribution is 14.1. The van der Waals surface area contributed by atoms with Crippen molar-refractivity contribution in [3.63, 3.8) is 0 Å². The highest BCUT2D eigenvalue weighted by Crippen LogP contribution is 2.24. The van der Waals surface area contributed by atoms with E-state index < -0.39 is 27.2 Å². The van der Waals surface area contributed by atoms with Gasteiger partial charge >= 0.3 is 0 Å². The molecule has 0 saturated carbocycles. The molecule has 0 saturated heterocycles. The zero-order chi connectivity index (χ0) is 15.8. The average Bonchev–Trinajstić information content (AvgIpc) is 2.42. The van der Waals surface area contributed by atoms with Gasteiger partial charge in [-0.3, -0.25) is 9.97 Å². The van der Waals surface area contributed by atoms with E-state index >= 15 is 0 Å². The minimum Gasteiger partial charge on any atom is -0.259 e. The van der Waals surface area contributed by atoms with Gasteiger partial charge in [-0.2, -0.15) is 0 Å². The molecular formula is C12H8ClF2IN2O2S. The van der Waals surface area contributed by atoms with E-state index in [1.165, 1.54) is 41.8 Å². The Balaban J connectivity index is 2.47. The molecule has 2 rings (SSSR count). The molecule has 112 valence electrons. The number of rotatable bonds is 3. The van der Waals surface area contributed by atoms with Gasteiger partial charge in [-0.05, 0) is 35.6 Å². The number of hydrogen-bond acceptors (Lipinski definition) is 4. The maximum atomic E-state index is 13.9. The van der Waals surface area contributed by atoms with Crippen molar-refractivity contribution < 1.29 is 17.2 Å². The molecule has 9 heteroatoms. The first-order chi connectivity index (χ1) is 9.72. The first kappa shape index (κ1) is 16.5. The summed E-state index contributed by atoms with van der Waals surface area (Å²) in [7, 11) is -3.89. The van der Waals surface area contributed by atoms with Crippen molar-refractivity contribution >= 4 is 44.0 Å². The first-order valence-electron chi connectivity index (χ1n) is 5.55. The van der Waals surface area contributed by atoms with Crippen LogP contribution in [-0.4, -0.2) is 18.4 Å². The largest absolute Gasteiger partial charge is 0.259 e. The van der Waals surface area contributed by atoms with E-state index in [2.05, 4.69) is 9.97 Å². The van der Waals surface area contributed by atoms with E-state index in [4.69, 9.17) is 11.6 Å². The summed E-state index contributed by atoms with van der Waals surface area (Å²) in [6, 6.07) is 1.24. The summed E-state index contributed by atoms with van der Waals surface area (Å²) in [5.41, 5.74) is -0.100. The van der Waals surface area contributed by atoms with Gasteiger partial charge in [-0.1, -0.05) is 11.6 Å². The Bertz CT molecular complexity index is 815. The Hall–Kier alpha value is -0.870. The molecule has 21 heavy (non-hydrogen) atoms. The standard InChI is InChI=1S/C12H8ClF2IN2O2S/c1-6-10(2-7(13)3-17-6)21(19,20)5-9-11(15)12(16)8(14)4-18-9/h2-4H,5H2,1H3. The zero-order valence-corrected chi connectivity index (χ0v) is 14.3. The van der Waals surface area contributed by atoms with Crippen LogP contribution in [0.3, 0.4) is 0 Å². The molecule has 2 aromatic heterocycles. The Labute approximate surface area is 138 Å². The molecular weight excluding hydrogens is 437 g/mol. The number of hydrogen-bond donors (Lipinski definition) is 0. The van der Waals surface area contributed by atoms with Crippen molar-refractivity contribution in [2.75, 3.05) is 0 Å². The molecule has 0 spiro atoms. The van der Waals surface area contributed by atoms with Crippen molar-refractivity contribution in [2.24, 2.45) is 0 Å². The minimum atomic E-state index is -3.89. The van der Waals surface area contributed by atoms with Crippen LogP contribution < -0.4 is 0 Å². The maximum absolute atomic E-state index is 13.9. The Morgan fingerprint density at radius 1 is 1.29 bits per heavy atom. The topological polar surface area (TPSA) is 59.9 Å². The summed E-state index contributed by atoms with van der Waals surface area (Å²) in [6.45, 7) is 1.50. The molecule has 0 aliphatic carbocycles. The third-order valence-electron chi connectivity index (χ3n) is 2.66. The average molecular weight is 445 g/mol. The Morgan fingerprint density at radius 3 is 2.62 bits per heavy atom. The Morgan fingerprint density at radius 2 is 1.95 bits per heavy atom. The number of pyridine rings is 2. The second-order valence-electron chi connectivity index (χ2n) is 4.18. The van der Waals surface area contributed by atoms with Gasteiger partial charge in [0.2, 0.25) is 0 Å². The molecule has 0 aromatic carbocycles. The maximum Gasteiger partial charge on any atom is 0.186 e. The van der Waals surface area contributed by atoms with Crippen molar-refractivity contribution in [1.82, 2.24) is 9.97 Å². The van der Waals surface area contributed by atoms with E-state index in [1.807, 2.05) is 0 Å². The van der Waals surface area contributed by atoms with Gasteiger partial charge in [0.05, 0.1) is 31.1 Å². The van der Waals surface area contributed by atoms with Gasteiger partial charge in [-0.15, -0.1) is 0 Å². The first-order valence-corrected chi connectivity index (χ1v) is 8.66. The van der Waals surface area contributed by atoms with Crippen LogP contribution in [0.4, 0.5) is 8.78 Å². The van der Waals surface area contributed by atoms with Gasteiger partial charge < -0.3 is 0 Å². The lowest BCUT2D eigenvalue weighted by atomic mass is 10.3. The predicted octanol–water partition coefficient (Wildman–Crippen LogP) is 3.30. The number of halogens is 4. The lowest BCUT2D eigenvalue weighted by molar-refractivity contribution is 0.546. The fourth-order valence-corrected chi connectivity index (χ4v) is 3.84. The molecule has 0 N–H and O–H groups in total. The highest BCUT2D eigenvalue weighted by atomic mass is 127. The summed E-state index contributed by atoms with van der Waals surface area (Å²) in [4.78, 5) is 7.27. The zero-order valence-electron chi connectivity index (χ0n) is 10.6. The van der Waals surface area contributed by atoms with E-state index in [1.54, 1.807) is 0 Å². The summed E-state index contributed by atoms with van der Waals surface area (Å²) in [5.74, 6) is -2.51.